The summed E-state index contributed by atoms with van der Waals surface area (Å²) in [5.41, 5.74) is 1.29. The van der Waals surface area contributed by atoms with Crippen LogP contribution in [0.15, 0.2) is 6.20 Å². The molecule has 1 fully saturated rings. The lowest BCUT2D eigenvalue weighted by Crippen LogP contribution is -2.36. The van der Waals surface area contributed by atoms with Crippen molar-refractivity contribution < 1.29 is 4.74 Å². The minimum absolute atomic E-state index is 0.385. The molecule has 0 radical (unpaired) electrons. The highest BCUT2D eigenvalue weighted by Gasteiger charge is 2.31. The maximum atomic E-state index is 5.52. The molecule has 1 saturated heterocycles. The summed E-state index contributed by atoms with van der Waals surface area (Å²) in [5, 5.41) is 8.00. The molecule has 1 aliphatic rings. The van der Waals surface area contributed by atoms with Gasteiger partial charge in [-0.15, -0.1) is 0 Å². The fraction of sp³-hybridized carbons (Fsp3) is 0.786. The number of piperidine rings is 1. The van der Waals surface area contributed by atoms with Crippen LogP contribution < -0.4 is 10.1 Å². The van der Waals surface area contributed by atoms with Crippen LogP contribution in [0.1, 0.15) is 51.3 Å². The van der Waals surface area contributed by atoms with Gasteiger partial charge in [-0.05, 0) is 39.3 Å². The molecule has 1 aromatic heterocycles. The Hall–Kier alpha value is -1.03. The van der Waals surface area contributed by atoms with E-state index in [2.05, 4.69) is 35.9 Å². The molecule has 1 N–H and O–H groups in total. The number of nitrogens with zero attached hydrogens (tertiary/aromatic N) is 2. The molecule has 0 aliphatic carbocycles. The van der Waals surface area contributed by atoms with Crippen LogP contribution in [0.3, 0.4) is 0 Å². The van der Waals surface area contributed by atoms with E-state index < -0.39 is 0 Å². The molecule has 4 nitrogen and oxygen atoms in total. The van der Waals surface area contributed by atoms with Gasteiger partial charge in [0.25, 0.3) is 0 Å². The number of methoxy groups -OCH3 is 1. The first kappa shape index (κ1) is 13.4. The zero-order chi connectivity index (χ0) is 13.1. The van der Waals surface area contributed by atoms with Crippen molar-refractivity contribution in [2.45, 2.75) is 45.6 Å². The van der Waals surface area contributed by atoms with Crippen molar-refractivity contribution in [1.29, 1.82) is 0 Å². The molecule has 4 heteroatoms. The largest absolute Gasteiger partial charge is 0.493 e. The minimum Gasteiger partial charge on any atom is -0.493 e. The number of hydrogen-bond acceptors (Lipinski definition) is 3. The van der Waals surface area contributed by atoms with E-state index in [-0.39, 0.29) is 0 Å². The molecule has 0 bridgehead atoms. The summed E-state index contributed by atoms with van der Waals surface area (Å²) in [6, 6.07) is 0.385. The SMILES string of the molecule is CCC1CNCCC1c1c(OC)cnn1C(C)C. The lowest BCUT2D eigenvalue weighted by molar-refractivity contribution is 0.289. The Morgan fingerprint density at radius 1 is 1.56 bits per heavy atom. The van der Waals surface area contributed by atoms with Crippen LogP contribution >= 0.6 is 0 Å². The second-order valence-corrected chi connectivity index (χ2v) is 5.40. The van der Waals surface area contributed by atoms with E-state index in [0.29, 0.717) is 17.9 Å². The quantitative estimate of drug-likeness (QED) is 0.894. The molecule has 0 saturated carbocycles. The maximum absolute atomic E-state index is 5.52. The normalized spacial score (nSPS) is 24.5. The third-order valence-electron chi connectivity index (χ3n) is 3.99. The van der Waals surface area contributed by atoms with E-state index in [0.717, 1.165) is 18.8 Å². The van der Waals surface area contributed by atoms with Crippen molar-refractivity contribution in [3.8, 4) is 5.75 Å². The molecule has 1 aliphatic heterocycles. The Balaban J connectivity index is 2.37. The molecule has 1 aromatic rings. The topological polar surface area (TPSA) is 39.1 Å². The summed E-state index contributed by atoms with van der Waals surface area (Å²) < 4.78 is 7.65. The van der Waals surface area contributed by atoms with Gasteiger partial charge in [0.1, 0.15) is 0 Å². The molecule has 0 amide bonds. The molecule has 2 rings (SSSR count). The molecule has 2 heterocycles. The average Bonchev–Trinajstić information content (AvgIpc) is 2.82. The first-order chi connectivity index (χ1) is 8.69. The molecule has 18 heavy (non-hydrogen) atoms. The Labute approximate surface area is 110 Å². The van der Waals surface area contributed by atoms with Crippen LogP contribution in [-0.2, 0) is 0 Å². The first-order valence-electron chi connectivity index (χ1n) is 7.01. The third-order valence-corrected chi connectivity index (χ3v) is 3.99. The summed E-state index contributed by atoms with van der Waals surface area (Å²) >= 11 is 0. The maximum Gasteiger partial charge on any atom is 0.160 e. The second kappa shape index (κ2) is 5.74. The van der Waals surface area contributed by atoms with E-state index in [1.54, 1.807) is 7.11 Å². The number of hydrogen-bond donors (Lipinski definition) is 1. The van der Waals surface area contributed by atoms with Gasteiger partial charge in [-0.2, -0.15) is 5.10 Å². The van der Waals surface area contributed by atoms with Crippen LogP contribution in [0.5, 0.6) is 5.75 Å². The van der Waals surface area contributed by atoms with Crippen LogP contribution in [0.4, 0.5) is 0 Å². The van der Waals surface area contributed by atoms with Gasteiger partial charge in [-0.3, -0.25) is 4.68 Å². The zero-order valence-corrected chi connectivity index (χ0v) is 11.9. The smallest absolute Gasteiger partial charge is 0.160 e. The van der Waals surface area contributed by atoms with Crippen molar-refractivity contribution >= 4 is 0 Å². The molecule has 2 unspecified atom stereocenters. The van der Waals surface area contributed by atoms with Crippen molar-refractivity contribution in [2.75, 3.05) is 20.2 Å². The van der Waals surface area contributed by atoms with Crippen LogP contribution in [0, 0.1) is 5.92 Å². The fourth-order valence-electron chi connectivity index (χ4n) is 2.99. The van der Waals surface area contributed by atoms with Crippen LogP contribution in [-0.4, -0.2) is 30.0 Å². The lowest BCUT2D eigenvalue weighted by Gasteiger charge is -2.32. The van der Waals surface area contributed by atoms with Crippen molar-refractivity contribution in [2.24, 2.45) is 5.92 Å². The van der Waals surface area contributed by atoms with Gasteiger partial charge in [0, 0.05) is 12.0 Å². The fourth-order valence-corrected chi connectivity index (χ4v) is 2.99. The van der Waals surface area contributed by atoms with Gasteiger partial charge in [-0.1, -0.05) is 13.3 Å². The van der Waals surface area contributed by atoms with Gasteiger partial charge < -0.3 is 10.1 Å². The van der Waals surface area contributed by atoms with Gasteiger partial charge >= 0.3 is 0 Å². The first-order valence-corrected chi connectivity index (χ1v) is 7.01. The molecule has 0 aromatic carbocycles. The summed E-state index contributed by atoms with van der Waals surface area (Å²) in [6.07, 6.45) is 4.24. The predicted molar refractivity (Wildman–Crippen MR) is 73.2 cm³/mol. The van der Waals surface area contributed by atoms with Gasteiger partial charge in [-0.25, -0.2) is 0 Å². The number of nitrogens with one attached hydrogen (secondary N) is 1. The number of ether oxygens (including phenoxy) is 1. The van der Waals surface area contributed by atoms with E-state index in [4.69, 9.17) is 4.74 Å². The lowest BCUT2D eigenvalue weighted by atomic mass is 9.82. The Kier molecular flexibility index (Phi) is 4.27. The Morgan fingerprint density at radius 3 is 2.94 bits per heavy atom. The standard InChI is InChI=1S/C14H25N3O/c1-5-11-8-15-7-6-12(11)14-13(18-4)9-16-17(14)10(2)3/h9-12,15H,5-8H2,1-4H3. The summed E-state index contributed by atoms with van der Waals surface area (Å²) in [5.74, 6) is 2.20. The molecular formula is C14H25N3O. The van der Waals surface area contributed by atoms with E-state index in [1.807, 2.05) is 6.20 Å². The molecule has 0 spiro atoms. The van der Waals surface area contributed by atoms with E-state index in [9.17, 15) is 0 Å². The summed E-state index contributed by atoms with van der Waals surface area (Å²) in [4.78, 5) is 0. The highest BCUT2D eigenvalue weighted by atomic mass is 16.5. The highest BCUT2D eigenvalue weighted by molar-refractivity contribution is 5.30. The Bertz CT molecular complexity index is 386. The number of rotatable bonds is 4. The molecular weight excluding hydrogens is 226 g/mol. The second-order valence-electron chi connectivity index (χ2n) is 5.40. The number of aromatic nitrogens is 2. The summed E-state index contributed by atoms with van der Waals surface area (Å²) in [6.45, 7) is 8.82. The van der Waals surface area contributed by atoms with Gasteiger partial charge in [0.15, 0.2) is 5.75 Å². The minimum atomic E-state index is 0.385. The van der Waals surface area contributed by atoms with Gasteiger partial charge in [0.2, 0.25) is 0 Å². The van der Waals surface area contributed by atoms with E-state index in [1.165, 1.54) is 18.5 Å². The third kappa shape index (κ3) is 2.39. The van der Waals surface area contributed by atoms with Crippen molar-refractivity contribution in [1.82, 2.24) is 15.1 Å². The van der Waals surface area contributed by atoms with Crippen LogP contribution in [0.2, 0.25) is 0 Å². The molecule has 2 atom stereocenters. The van der Waals surface area contributed by atoms with Crippen LogP contribution in [0.25, 0.3) is 0 Å². The summed E-state index contributed by atoms with van der Waals surface area (Å²) in [7, 11) is 1.74. The Morgan fingerprint density at radius 2 is 2.33 bits per heavy atom. The monoisotopic (exact) mass is 251 g/mol. The highest BCUT2D eigenvalue weighted by Crippen LogP contribution is 2.38. The van der Waals surface area contributed by atoms with Crippen molar-refractivity contribution in [3.63, 3.8) is 0 Å². The van der Waals surface area contributed by atoms with Crippen molar-refractivity contribution in [3.05, 3.63) is 11.9 Å². The average molecular weight is 251 g/mol. The van der Waals surface area contributed by atoms with E-state index >= 15 is 0 Å². The predicted octanol–water partition coefficient (Wildman–Crippen LogP) is 2.58. The van der Waals surface area contributed by atoms with Gasteiger partial charge in [0.05, 0.1) is 19.0 Å². The molecule has 102 valence electrons. The zero-order valence-electron chi connectivity index (χ0n) is 11.9.